The fraction of sp³-hybridized carbons (Fsp3) is 0.417. The van der Waals surface area contributed by atoms with Crippen molar-refractivity contribution in [3.63, 3.8) is 0 Å². The molecule has 88 valence electrons. The lowest BCUT2D eigenvalue weighted by Crippen LogP contribution is -2.37. The number of carbonyl (C=O) groups excluding carboxylic acids is 1. The smallest absolute Gasteiger partial charge is 0.253 e. The van der Waals surface area contributed by atoms with Gasteiger partial charge in [0.2, 0.25) is 0 Å². The van der Waals surface area contributed by atoms with Crippen molar-refractivity contribution < 1.29 is 4.79 Å². The van der Waals surface area contributed by atoms with Gasteiger partial charge < -0.3 is 5.32 Å². The quantitative estimate of drug-likeness (QED) is 0.826. The highest BCUT2D eigenvalue weighted by Crippen LogP contribution is 2.15. The number of nitrogens with one attached hydrogen (secondary N) is 1. The molecule has 2 atom stereocenters. The van der Waals surface area contributed by atoms with Gasteiger partial charge in [-0.15, -0.1) is 11.6 Å². The van der Waals surface area contributed by atoms with E-state index in [4.69, 9.17) is 23.2 Å². The molecule has 0 aliphatic rings. The number of halogens is 2. The normalized spacial score (nSPS) is 14.2. The molecule has 1 rings (SSSR count). The van der Waals surface area contributed by atoms with Gasteiger partial charge in [0.05, 0.1) is 10.6 Å². The Bertz CT molecular complexity index is 368. The summed E-state index contributed by atoms with van der Waals surface area (Å²) < 4.78 is 0. The number of carbonyl (C=O) groups is 1. The van der Waals surface area contributed by atoms with Crippen molar-refractivity contribution in [3.8, 4) is 0 Å². The summed E-state index contributed by atoms with van der Waals surface area (Å²) in [4.78, 5) is 11.9. The molecular weight excluding hydrogens is 245 g/mol. The minimum atomic E-state index is -0.157. The molecule has 0 fully saturated rings. The van der Waals surface area contributed by atoms with E-state index in [0.717, 1.165) is 0 Å². The molecule has 0 bridgehead atoms. The van der Waals surface area contributed by atoms with Gasteiger partial charge in [-0.05, 0) is 25.0 Å². The van der Waals surface area contributed by atoms with Gasteiger partial charge in [0.25, 0.3) is 5.91 Å². The van der Waals surface area contributed by atoms with E-state index in [1.54, 1.807) is 24.3 Å². The second kappa shape index (κ2) is 6.12. The van der Waals surface area contributed by atoms with Crippen LogP contribution in [0.15, 0.2) is 24.3 Å². The maximum atomic E-state index is 11.9. The van der Waals surface area contributed by atoms with Crippen molar-refractivity contribution in [2.45, 2.75) is 19.9 Å². The molecule has 0 spiro atoms. The summed E-state index contributed by atoms with van der Waals surface area (Å²) in [6.07, 6.45) is 0. The summed E-state index contributed by atoms with van der Waals surface area (Å²) in [5, 5.41) is 3.34. The van der Waals surface area contributed by atoms with Gasteiger partial charge in [-0.25, -0.2) is 0 Å². The highest BCUT2D eigenvalue weighted by atomic mass is 35.5. The molecule has 0 aliphatic heterocycles. The summed E-state index contributed by atoms with van der Waals surface area (Å²) in [6.45, 7) is 3.92. The van der Waals surface area contributed by atoms with Crippen molar-refractivity contribution in [2.24, 2.45) is 5.92 Å². The lowest BCUT2D eigenvalue weighted by Gasteiger charge is -2.19. The predicted octanol–water partition coefficient (Wildman–Crippen LogP) is 3.33. The average Bonchev–Trinajstić information content (AvgIpc) is 2.28. The van der Waals surface area contributed by atoms with E-state index in [1.807, 2.05) is 13.8 Å². The summed E-state index contributed by atoms with van der Waals surface area (Å²) in [6, 6.07) is 7.02. The maximum absolute atomic E-state index is 11.9. The second-order valence-electron chi connectivity index (χ2n) is 3.87. The summed E-state index contributed by atoms with van der Waals surface area (Å²) in [7, 11) is 0. The number of alkyl halides is 1. The number of hydrogen-bond acceptors (Lipinski definition) is 1. The molecule has 1 aromatic rings. The van der Waals surface area contributed by atoms with E-state index in [0.29, 0.717) is 16.5 Å². The van der Waals surface area contributed by atoms with Crippen molar-refractivity contribution in [2.75, 3.05) is 5.88 Å². The standard InChI is InChI=1S/C12H15Cl2NO/c1-8(7-13)9(2)15-12(16)10-5-3-4-6-11(10)14/h3-6,8-9H,7H2,1-2H3,(H,15,16). The minimum Gasteiger partial charge on any atom is -0.349 e. The van der Waals surface area contributed by atoms with Crippen LogP contribution in [0.3, 0.4) is 0 Å². The Kier molecular flexibility index (Phi) is 5.10. The maximum Gasteiger partial charge on any atom is 0.253 e. The first-order valence-corrected chi connectivity index (χ1v) is 6.09. The Morgan fingerprint density at radius 2 is 2.00 bits per heavy atom. The number of hydrogen-bond donors (Lipinski definition) is 1. The molecule has 1 amide bonds. The summed E-state index contributed by atoms with van der Waals surface area (Å²) in [5.41, 5.74) is 0.498. The Morgan fingerprint density at radius 1 is 1.38 bits per heavy atom. The lowest BCUT2D eigenvalue weighted by atomic mass is 10.1. The van der Waals surface area contributed by atoms with Gasteiger partial charge in [-0.2, -0.15) is 0 Å². The molecule has 0 saturated heterocycles. The van der Waals surface area contributed by atoms with Crippen molar-refractivity contribution in [1.29, 1.82) is 0 Å². The van der Waals surface area contributed by atoms with Crippen LogP contribution in [0.1, 0.15) is 24.2 Å². The Balaban J connectivity index is 2.70. The van der Waals surface area contributed by atoms with E-state index < -0.39 is 0 Å². The summed E-state index contributed by atoms with van der Waals surface area (Å²) >= 11 is 11.7. The predicted molar refractivity (Wildman–Crippen MR) is 68.3 cm³/mol. The average molecular weight is 260 g/mol. The SMILES string of the molecule is CC(CCl)C(C)NC(=O)c1ccccc1Cl. The molecular formula is C12H15Cl2NO. The highest BCUT2D eigenvalue weighted by Gasteiger charge is 2.16. The van der Waals surface area contributed by atoms with Crippen LogP contribution in [0, 0.1) is 5.92 Å². The number of rotatable bonds is 4. The van der Waals surface area contributed by atoms with Crippen LogP contribution in [0.25, 0.3) is 0 Å². The van der Waals surface area contributed by atoms with Crippen molar-refractivity contribution >= 4 is 29.1 Å². The molecule has 0 aliphatic carbocycles. The Morgan fingerprint density at radius 3 is 2.56 bits per heavy atom. The van der Waals surface area contributed by atoms with Gasteiger partial charge in [-0.1, -0.05) is 30.7 Å². The first-order valence-electron chi connectivity index (χ1n) is 5.17. The third-order valence-corrected chi connectivity index (χ3v) is 3.39. The van der Waals surface area contributed by atoms with Gasteiger partial charge in [-0.3, -0.25) is 4.79 Å². The largest absolute Gasteiger partial charge is 0.349 e. The fourth-order valence-corrected chi connectivity index (χ4v) is 1.69. The summed E-state index contributed by atoms with van der Waals surface area (Å²) in [5.74, 6) is 0.590. The zero-order valence-corrected chi connectivity index (χ0v) is 10.8. The molecule has 0 radical (unpaired) electrons. The second-order valence-corrected chi connectivity index (χ2v) is 4.59. The first-order chi connectivity index (χ1) is 7.56. The monoisotopic (exact) mass is 259 g/mol. The van der Waals surface area contributed by atoms with E-state index in [9.17, 15) is 4.79 Å². The van der Waals surface area contributed by atoms with Gasteiger partial charge in [0.15, 0.2) is 0 Å². The highest BCUT2D eigenvalue weighted by molar-refractivity contribution is 6.33. The van der Waals surface area contributed by atoms with Crippen LogP contribution >= 0.6 is 23.2 Å². The van der Waals surface area contributed by atoms with E-state index in [-0.39, 0.29) is 17.9 Å². The molecule has 16 heavy (non-hydrogen) atoms. The number of benzene rings is 1. The van der Waals surface area contributed by atoms with E-state index >= 15 is 0 Å². The van der Waals surface area contributed by atoms with E-state index in [1.165, 1.54) is 0 Å². The van der Waals surface area contributed by atoms with Crippen LogP contribution in [-0.2, 0) is 0 Å². The molecule has 1 N–H and O–H groups in total. The van der Waals surface area contributed by atoms with Crippen LogP contribution in [-0.4, -0.2) is 17.8 Å². The van der Waals surface area contributed by atoms with Gasteiger partial charge in [0.1, 0.15) is 0 Å². The van der Waals surface area contributed by atoms with Gasteiger partial charge >= 0.3 is 0 Å². The molecule has 0 aromatic heterocycles. The lowest BCUT2D eigenvalue weighted by molar-refractivity contribution is 0.0931. The topological polar surface area (TPSA) is 29.1 Å². The molecule has 0 heterocycles. The minimum absolute atomic E-state index is 0.0290. The third kappa shape index (κ3) is 3.39. The van der Waals surface area contributed by atoms with Crippen molar-refractivity contribution in [1.82, 2.24) is 5.32 Å². The van der Waals surface area contributed by atoms with Crippen LogP contribution in [0.2, 0.25) is 5.02 Å². The molecule has 2 unspecified atom stereocenters. The van der Waals surface area contributed by atoms with Crippen LogP contribution in [0.5, 0.6) is 0 Å². The number of amides is 1. The van der Waals surface area contributed by atoms with E-state index in [2.05, 4.69) is 5.32 Å². The molecule has 4 heteroatoms. The zero-order chi connectivity index (χ0) is 12.1. The van der Waals surface area contributed by atoms with Crippen molar-refractivity contribution in [3.05, 3.63) is 34.9 Å². The molecule has 1 aromatic carbocycles. The zero-order valence-electron chi connectivity index (χ0n) is 9.34. The van der Waals surface area contributed by atoms with Crippen LogP contribution in [0.4, 0.5) is 0 Å². The van der Waals surface area contributed by atoms with Crippen LogP contribution < -0.4 is 5.32 Å². The van der Waals surface area contributed by atoms with Gasteiger partial charge in [0, 0.05) is 11.9 Å². The fourth-order valence-electron chi connectivity index (χ4n) is 1.21. The molecule has 2 nitrogen and oxygen atoms in total. The Labute approximate surface area is 106 Å². The first kappa shape index (κ1) is 13.3. The third-order valence-electron chi connectivity index (χ3n) is 2.57. The molecule has 0 saturated carbocycles. The Hall–Kier alpha value is -0.730.